The maximum atomic E-state index is 12.4. The summed E-state index contributed by atoms with van der Waals surface area (Å²) in [4.78, 5) is 14.4. The SMILES string of the molecule is CN1CCCC(CNC(=O)c2cc(Cl)ccc2OC(F)F)C1. The minimum absolute atomic E-state index is 0.0250. The molecule has 7 heteroatoms. The van der Waals surface area contributed by atoms with Crippen molar-refractivity contribution in [1.82, 2.24) is 10.2 Å². The molecule has 1 heterocycles. The summed E-state index contributed by atoms with van der Waals surface area (Å²) in [7, 11) is 2.04. The number of alkyl halides is 2. The lowest BCUT2D eigenvalue weighted by molar-refractivity contribution is -0.0501. The van der Waals surface area contributed by atoms with E-state index in [4.69, 9.17) is 11.6 Å². The first-order chi connectivity index (χ1) is 10.5. The highest BCUT2D eigenvalue weighted by Gasteiger charge is 2.20. The molecule has 1 amide bonds. The van der Waals surface area contributed by atoms with Gasteiger partial charge >= 0.3 is 6.61 Å². The monoisotopic (exact) mass is 332 g/mol. The Morgan fingerprint density at radius 1 is 1.55 bits per heavy atom. The van der Waals surface area contributed by atoms with Gasteiger partial charge in [-0.2, -0.15) is 8.78 Å². The number of piperidine rings is 1. The van der Waals surface area contributed by atoms with Crippen LogP contribution in [0.4, 0.5) is 8.78 Å². The largest absolute Gasteiger partial charge is 0.434 e. The Morgan fingerprint density at radius 3 is 3.00 bits per heavy atom. The molecule has 1 N–H and O–H groups in total. The van der Waals surface area contributed by atoms with Gasteiger partial charge in [-0.25, -0.2) is 0 Å². The molecule has 0 radical (unpaired) electrons. The van der Waals surface area contributed by atoms with Gasteiger partial charge in [0.25, 0.3) is 5.91 Å². The number of rotatable bonds is 5. The molecule has 1 aliphatic rings. The Labute approximate surface area is 133 Å². The molecule has 0 saturated carbocycles. The summed E-state index contributed by atoms with van der Waals surface area (Å²) in [5.74, 6) is -0.259. The van der Waals surface area contributed by atoms with Crippen molar-refractivity contribution in [2.75, 3.05) is 26.7 Å². The van der Waals surface area contributed by atoms with Crippen molar-refractivity contribution in [3.63, 3.8) is 0 Å². The van der Waals surface area contributed by atoms with Crippen LogP contribution in [0.5, 0.6) is 5.75 Å². The van der Waals surface area contributed by atoms with Crippen LogP contribution in [0.1, 0.15) is 23.2 Å². The maximum absolute atomic E-state index is 12.4. The second kappa shape index (κ2) is 7.74. The standard InChI is InChI=1S/C15H19ClF2N2O2/c1-20-6-2-3-10(9-20)8-19-14(21)12-7-11(16)4-5-13(12)22-15(17)18/h4-5,7,10,15H,2-3,6,8-9H2,1H3,(H,19,21). The Morgan fingerprint density at radius 2 is 2.32 bits per heavy atom. The average molecular weight is 333 g/mol. The fraction of sp³-hybridized carbons (Fsp3) is 0.533. The fourth-order valence-electron chi connectivity index (χ4n) is 2.65. The minimum atomic E-state index is -2.99. The molecule has 1 unspecified atom stereocenters. The van der Waals surface area contributed by atoms with Crippen LogP contribution >= 0.6 is 11.6 Å². The van der Waals surface area contributed by atoms with Gasteiger partial charge in [0, 0.05) is 18.1 Å². The Hall–Kier alpha value is -1.40. The topological polar surface area (TPSA) is 41.6 Å². The van der Waals surface area contributed by atoms with Crippen molar-refractivity contribution in [3.05, 3.63) is 28.8 Å². The molecule has 1 fully saturated rings. The number of hydrogen-bond donors (Lipinski definition) is 1. The summed E-state index contributed by atoms with van der Waals surface area (Å²) in [6, 6.07) is 4.02. The third kappa shape index (κ3) is 4.81. The Bertz CT molecular complexity index is 528. The number of amides is 1. The summed E-state index contributed by atoms with van der Waals surface area (Å²) in [6.07, 6.45) is 2.13. The average Bonchev–Trinajstić information content (AvgIpc) is 2.46. The third-order valence-corrected chi connectivity index (χ3v) is 3.91. The van der Waals surface area contributed by atoms with Crippen molar-refractivity contribution in [3.8, 4) is 5.75 Å². The number of halogens is 3. The van der Waals surface area contributed by atoms with E-state index in [-0.39, 0.29) is 11.3 Å². The van der Waals surface area contributed by atoms with Gasteiger partial charge in [0.1, 0.15) is 5.75 Å². The van der Waals surface area contributed by atoms with Crippen molar-refractivity contribution < 1.29 is 18.3 Å². The molecule has 1 aromatic rings. The highest BCUT2D eigenvalue weighted by Crippen LogP contribution is 2.24. The molecule has 0 spiro atoms. The molecular weight excluding hydrogens is 314 g/mol. The molecule has 22 heavy (non-hydrogen) atoms. The van der Waals surface area contributed by atoms with Crippen LogP contribution in [-0.2, 0) is 0 Å². The minimum Gasteiger partial charge on any atom is -0.434 e. The van der Waals surface area contributed by atoms with Crippen molar-refractivity contribution in [2.45, 2.75) is 19.5 Å². The van der Waals surface area contributed by atoms with E-state index in [9.17, 15) is 13.6 Å². The van der Waals surface area contributed by atoms with Crippen LogP contribution in [0.25, 0.3) is 0 Å². The lowest BCUT2D eigenvalue weighted by Crippen LogP contribution is -2.39. The highest BCUT2D eigenvalue weighted by atomic mass is 35.5. The molecular formula is C15H19ClF2N2O2. The number of nitrogens with one attached hydrogen (secondary N) is 1. The zero-order chi connectivity index (χ0) is 16.1. The molecule has 4 nitrogen and oxygen atoms in total. The van der Waals surface area contributed by atoms with E-state index in [2.05, 4.69) is 15.0 Å². The molecule has 1 aliphatic heterocycles. The molecule has 2 rings (SSSR count). The van der Waals surface area contributed by atoms with Gasteiger partial charge < -0.3 is 15.0 Å². The number of ether oxygens (including phenoxy) is 1. The first-order valence-electron chi connectivity index (χ1n) is 7.17. The lowest BCUT2D eigenvalue weighted by atomic mass is 9.98. The van der Waals surface area contributed by atoms with Gasteiger partial charge in [-0.3, -0.25) is 4.79 Å². The van der Waals surface area contributed by atoms with Gasteiger partial charge in [-0.15, -0.1) is 0 Å². The molecule has 1 saturated heterocycles. The number of nitrogens with zero attached hydrogens (tertiary/aromatic N) is 1. The second-order valence-corrected chi connectivity index (χ2v) is 5.94. The van der Waals surface area contributed by atoms with Crippen LogP contribution < -0.4 is 10.1 Å². The number of carbonyl (C=O) groups is 1. The predicted molar refractivity (Wildman–Crippen MR) is 80.6 cm³/mol. The number of carbonyl (C=O) groups excluding carboxylic acids is 1. The van der Waals surface area contributed by atoms with E-state index in [0.717, 1.165) is 25.9 Å². The van der Waals surface area contributed by atoms with Gasteiger partial charge in [-0.1, -0.05) is 11.6 Å². The normalized spacial score (nSPS) is 19.2. The Kier molecular flexibility index (Phi) is 5.97. The van der Waals surface area contributed by atoms with Crippen LogP contribution in [0.3, 0.4) is 0 Å². The van der Waals surface area contributed by atoms with Gasteiger partial charge in [0.2, 0.25) is 0 Å². The first kappa shape index (κ1) is 17.0. The van der Waals surface area contributed by atoms with E-state index in [1.165, 1.54) is 18.2 Å². The van der Waals surface area contributed by atoms with E-state index in [0.29, 0.717) is 17.5 Å². The molecule has 122 valence electrons. The predicted octanol–water partition coefficient (Wildman–Crippen LogP) is 3.01. The molecule has 0 aromatic heterocycles. The number of hydrogen-bond acceptors (Lipinski definition) is 3. The maximum Gasteiger partial charge on any atom is 0.387 e. The first-order valence-corrected chi connectivity index (χ1v) is 7.54. The van der Waals surface area contributed by atoms with Crippen molar-refractivity contribution in [2.24, 2.45) is 5.92 Å². The molecule has 1 atom stereocenters. The van der Waals surface area contributed by atoms with Crippen molar-refractivity contribution >= 4 is 17.5 Å². The van der Waals surface area contributed by atoms with E-state index < -0.39 is 12.5 Å². The number of benzene rings is 1. The van der Waals surface area contributed by atoms with Gasteiger partial charge in [0.05, 0.1) is 5.56 Å². The molecule has 0 bridgehead atoms. The second-order valence-electron chi connectivity index (χ2n) is 5.50. The summed E-state index contributed by atoms with van der Waals surface area (Å²) < 4.78 is 29.2. The third-order valence-electron chi connectivity index (χ3n) is 3.68. The lowest BCUT2D eigenvalue weighted by Gasteiger charge is -2.29. The Balaban J connectivity index is 2.00. The summed E-state index contributed by atoms with van der Waals surface area (Å²) in [5, 5.41) is 3.08. The van der Waals surface area contributed by atoms with E-state index in [1.807, 2.05) is 7.05 Å². The van der Waals surface area contributed by atoms with Gasteiger partial charge in [-0.05, 0) is 50.6 Å². The number of likely N-dealkylation sites (tertiary alicyclic amines) is 1. The summed E-state index contributed by atoms with van der Waals surface area (Å²) in [6.45, 7) is -0.509. The van der Waals surface area contributed by atoms with Gasteiger partial charge in [0.15, 0.2) is 0 Å². The summed E-state index contributed by atoms with van der Waals surface area (Å²) >= 11 is 5.84. The van der Waals surface area contributed by atoms with Crippen LogP contribution in [0.2, 0.25) is 5.02 Å². The quantitative estimate of drug-likeness (QED) is 0.901. The molecule has 1 aromatic carbocycles. The van der Waals surface area contributed by atoms with E-state index in [1.54, 1.807) is 0 Å². The zero-order valence-electron chi connectivity index (χ0n) is 12.3. The fourth-order valence-corrected chi connectivity index (χ4v) is 2.82. The zero-order valence-corrected chi connectivity index (χ0v) is 13.1. The van der Waals surface area contributed by atoms with Crippen LogP contribution in [0.15, 0.2) is 18.2 Å². The van der Waals surface area contributed by atoms with Crippen molar-refractivity contribution in [1.29, 1.82) is 0 Å². The smallest absolute Gasteiger partial charge is 0.387 e. The summed E-state index contributed by atoms with van der Waals surface area (Å²) in [5.41, 5.74) is 0.0250. The van der Waals surface area contributed by atoms with Crippen LogP contribution in [-0.4, -0.2) is 44.1 Å². The van der Waals surface area contributed by atoms with Crippen LogP contribution in [0, 0.1) is 5.92 Å². The molecule has 0 aliphatic carbocycles. The highest BCUT2D eigenvalue weighted by molar-refractivity contribution is 6.31. The van der Waals surface area contributed by atoms with E-state index >= 15 is 0 Å².